The van der Waals surface area contributed by atoms with Crippen LogP contribution in [0.25, 0.3) is 0 Å². The first-order chi connectivity index (χ1) is 9.72. The molecule has 20 heavy (non-hydrogen) atoms. The van der Waals surface area contributed by atoms with E-state index in [9.17, 15) is 0 Å². The summed E-state index contributed by atoms with van der Waals surface area (Å²) in [4.78, 5) is 2.39. The molecule has 104 valence electrons. The van der Waals surface area contributed by atoms with Crippen LogP contribution in [0.5, 0.6) is 11.5 Å². The molecule has 0 N–H and O–H groups in total. The molecule has 1 atom stereocenters. The van der Waals surface area contributed by atoms with Crippen molar-refractivity contribution in [1.29, 1.82) is 0 Å². The van der Waals surface area contributed by atoms with Crippen molar-refractivity contribution in [1.82, 2.24) is 0 Å². The van der Waals surface area contributed by atoms with Gasteiger partial charge in [0.2, 0.25) is 0 Å². The number of alkyl halides is 1. The fourth-order valence-electron chi connectivity index (χ4n) is 2.41. The molecule has 0 radical (unpaired) electrons. The van der Waals surface area contributed by atoms with Crippen LogP contribution in [0.3, 0.4) is 0 Å². The van der Waals surface area contributed by atoms with Crippen LogP contribution in [-0.4, -0.2) is 14.2 Å². The van der Waals surface area contributed by atoms with Crippen molar-refractivity contribution in [3.63, 3.8) is 0 Å². The quantitative estimate of drug-likeness (QED) is 0.750. The van der Waals surface area contributed by atoms with Crippen molar-refractivity contribution in [2.45, 2.75) is 21.6 Å². The summed E-state index contributed by atoms with van der Waals surface area (Å²) in [5.74, 6) is 1.51. The van der Waals surface area contributed by atoms with E-state index in [2.05, 4.69) is 12.1 Å². The smallest absolute Gasteiger partial charge is 0.161 e. The Hall–Kier alpha value is -1.32. The Morgan fingerprint density at radius 1 is 1.05 bits per heavy atom. The average molecular weight is 307 g/mol. The van der Waals surface area contributed by atoms with Gasteiger partial charge in [-0.25, -0.2) is 0 Å². The zero-order chi connectivity index (χ0) is 14.1. The SMILES string of the molecule is COc1cc2c(cc1OC)Sc1ccccc1C(Cl)C2. The molecule has 0 saturated heterocycles. The molecular weight excluding hydrogens is 292 g/mol. The molecule has 0 fully saturated rings. The van der Waals surface area contributed by atoms with Crippen molar-refractivity contribution in [2.75, 3.05) is 14.2 Å². The lowest BCUT2D eigenvalue weighted by molar-refractivity contribution is 0.353. The van der Waals surface area contributed by atoms with Crippen LogP contribution in [0.2, 0.25) is 0 Å². The second-order valence-electron chi connectivity index (χ2n) is 4.63. The summed E-state index contributed by atoms with van der Waals surface area (Å²) < 4.78 is 10.8. The molecule has 4 heteroatoms. The van der Waals surface area contributed by atoms with Crippen LogP contribution in [0.15, 0.2) is 46.2 Å². The highest BCUT2D eigenvalue weighted by atomic mass is 35.5. The normalized spacial score (nSPS) is 16.9. The summed E-state index contributed by atoms with van der Waals surface area (Å²) in [6.07, 6.45) is 0.793. The molecule has 1 unspecified atom stereocenters. The molecule has 0 aliphatic carbocycles. The summed E-state index contributed by atoms with van der Waals surface area (Å²) in [5.41, 5.74) is 2.39. The fourth-order valence-corrected chi connectivity index (χ4v) is 3.98. The number of rotatable bonds is 2. The molecule has 1 aliphatic rings. The first-order valence-corrected chi connectivity index (χ1v) is 7.64. The highest BCUT2D eigenvalue weighted by Crippen LogP contribution is 2.46. The number of hydrogen-bond acceptors (Lipinski definition) is 3. The summed E-state index contributed by atoms with van der Waals surface area (Å²) in [7, 11) is 3.31. The topological polar surface area (TPSA) is 18.5 Å². The van der Waals surface area contributed by atoms with Crippen molar-refractivity contribution in [2.24, 2.45) is 0 Å². The third-order valence-electron chi connectivity index (χ3n) is 3.44. The average Bonchev–Trinajstić information content (AvgIpc) is 2.61. The van der Waals surface area contributed by atoms with E-state index in [4.69, 9.17) is 21.1 Å². The van der Waals surface area contributed by atoms with Gasteiger partial charge in [-0.05, 0) is 35.7 Å². The fraction of sp³-hybridized carbons (Fsp3) is 0.250. The molecule has 1 heterocycles. The maximum atomic E-state index is 6.56. The van der Waals surface area contributed by atoms with E-state index in [1.807, 2.05) is 24.3 Å². The minimum absolute atomic E-state index is 0.0157. The van der Waals surface area contributed by atoms with Gasteiger partial charge >= 0.3 is 0 Å². The van der Waals surface area contributed by atoms with E-state index in [0.717, 1.165) is 17.9 Å². The van der Waals surface area contributed by atoms with Gasteiger partial charge in [-0.2, -0.15) is 0 Å². The summed E-state index contributed by atoms with van der Waals surface area (Å²) in [6, 6.07) is 12.3. The Morgan fingerprint density at radius 2 is 1.75 bits per heavy atom. The van der Waals surface area contributed by atoms with E-state index < -0.39 is 0 Å². The standard InChI is InChI=1S/C16H15ClO2S/c1-18-13-8-10-7-12(17)11-5-3-4-6-15(11)20-16(10)9-14(13)19-2/h3-6,8-9,12H,7H2,1-2H3. The number of fused-ring (bicyclic) bond motifs is 2. The Labute approximate surface area is 128 Å². The minimum atomic E-state index is -0.0157. The number of methoxy groups -OCH3 is 2. The number of benzene rings is 2. The second kappa shape index (κ2) is 5.58. The van der Waals surface area contributed by atoms with Gasteiger partial charge in [0, 0.05) is 9.79 Å². The maximum absolute atomic E-state index is 6.56. The third-order valence-corrected chi connectivity index (χ3v) is 5.02. The predicted octanol–water partition coefficient (Wildman–Crippen LogP) is 4.69. The molecule has 0 spiro atoms. The lowest BCUT2D eigenvalue weighted by Gasteiger charge is -2.13. The van der Waals surface area contributed by atoms with Crippen LogP contribution in [-0.2, 0) is 6.42 Å². The van der Waals surface area contributed by atoms with E-state index in [1.54, 1.807) is 26.0 Å². The van der Waals surface area contributed by atoms with Crippen LogP contribution in [0.4, 0.5) is 0 Å². The van der Waals surface area contributed by atoms with Gasteiger partial charge in [0.1, 0.15) is 0 Å². The van der Waals surface area contributed by atoms with Crippen LogP contribution >= 0.6 is 23.4 Å². The largest absolute Gasteiger partial charge is 0.493 e. The van der Waals surface area contributed by atoms with Crippen LogP contribution in [0.1, 0.15) is 16.5 Å². The molecule has 0 amide bonds. The van der Waals surface area contributed by atoms with Crippen molar-refractivity contribution >= 4 is 23.4 Å². The van der Waals surface area contributed by atoms with Crippen LogP contribution in [0, 0.1) is 0 Å². The maximum Gasteiger partial charge on any atom is 0.161 e. The van der Waals surface area contributed by atoms with Gasteiger partial charge in [-0.15, -0.1) is 11.6 Å². The Balaban J connectivity index is 2.12. The zero-order valence-corrected chi connectivity index (χ0v) is 12.9. The lowest BCUT2D eigenvalue weighted by Crippen LogP contribution is -1.97. The van der Waals surface area contributed by atoms with Gasteiger partial charge in [-0.3, -0.25) is 0 Å². The monoisotopic (exact) mass is 306 g/mol. The first-order valence-electron chi connectivity index (χ1n) is 6.38. The zero-order valence-electron chi connectivity index (χ0n) is 11.4. The predicted molar refractivity (Wildman–Crippen MR) is 82.4 cm³/mol. The summed E-state index contributed by atoms with van der Waals surface area (Å²) in [5, 5.41) is -0.0157. The lowest BCUT2D eigenvalue weighted by atomic mass is 10.0. The van der Waals surface area contributed by atoms with Crippen LogP contribution < -0.4 is 9.47 Å². The molecule has 2 aromatic carbocycles. The number of hydrogen-bond donors (Lipinski definition) is 0. The van der Waals surface area contributed by atoms with Crippen molar-refractivity contribution < 1.29 is 9.47 Å². The summed E-state index contributed by atoms with van der Waals surface area (Å²) >= 11 is 8.30. The first kappa shape index (κ1) is 13.7. The van der Waals surface area contributed by atoms with Gasteiger partial charge in [0.15, 0.2) is 11.5 Å². The highest BCUT2D eigenvalue weighted by Gasteiger charge is 2.22. The van der Waals surface area contributed by atoms with E-state index in [0.29, 0.717) is 0 Å². The molecule has 2 nitrogen and oxygen atoms in total. The Morgan fingerprint density at radius 3 is 2.50 bits per heavy atom. The van der Waals surface area contributed by atoms with Gasteiger partial charge < -0.3 is 9.47 Å². The Bertz CT molecular complexity index is 642. The van der Waals surface area contributed by atoms with Gasteiger partial charge in [0.05, 0.1) is 19.6 Å². The molecule has 3 rings (SSSR count). The molecule has 1 aliphatic heterocycles. The minimum Gasteiger partial charge on any atom is -0.493 e. The van der Waals surface area contributed by atoms with Gasteiger partial charge in [0.25, 0.3) is 0 Å². The van der Waals surface area contributed by atoms with E-state index in [1.165, 1.54) is 20.9 Å². The molecule has 2 aromatic rings. The number of ether oxygens (including phenoxy) is 2. The van der Waals surface area contributed by atoms with Gasteiger partial charge in [-0.1, -0.05) is 30.0 Å². The molecule has 0 saturated carbocycles. The highest BCUT2D eigenvalue weighted by molar-refractivity contribution is 7.99. The van der Waals surface area contributed by atoms with E-state index >= 15 is 0 Å². The summed E-state index contributed by atoms with van der Waals surface area (Å²) in [6.45, 7) is 0. The van der Waals surface area contributed by atoms with Crippen molar-refractivity contribution in [3.05, 3.63) is 47.5 Å². The molecule has 0 aromatic heterocycles. The second-order valence-corrected chi connectivity index (χ2v) is 6.24. The molecular formula is C16H15ClO2S. The van der Waals surface area contributed by atoms with Crippen molar-refractivity contribution in [3.8, 4) is 11.5 Å². The van der Waals surface area contributed by atoms with E-state index in [-0.39, 0.29) is 5.38 Å². The Kier molecular flexibility index (Phi) is 3.81. The molecule has 0 bridgehead atoms. The number of halogens is 1. The third kappa shape index (κ3) is 2.36.